The number of hydrogen-bond donors (Lipinski definition) is 1. The van der Waals surface area contributed by atoms with Crippen molar-refractivity contribution in [3.05, 3.63) is 0 Å². The highest BCUT2D eigenvalue weighted by Gasteiger charge is 2.07. The number of hydrogen-bond acceptors (Lipinski definition) is 4. The molecule has 0 rings (SSSR count). The zero-order valence-corrected chi connectivity index (χ0v) is 10.2. The van der Waals surface area contributed by atoms with Crippen LogP contribution >= 0.6 is 0 Å². The summed E-state index contributed by atoms with van der Waals surface area (Å²) < 4.78 is 9.67. The SMILES string of the molecule is CCCCOC(=O)CNC(=O)OCC(C)C. The smallest absolute Gasteiger partial charge is 0.407 e. The van der Waals surface area contributed by atoms with Crippen LogP contribution in [0.4, 0.5) is 4.79 Å². The topological polar surface area (TPSA) is 64.6 Å². The van der Waals surface area contributed by atoms with Crippen LogP contribution in [0.5, 0.6) is 0 Å². The average Bonchev–Trinajstić information content (AvgIpc) is 2.24. The molecule has 0 aliphatic carbocycles. The lowest BCUT2D eigenvalue weighted by atomic mass is 10.2. The minimum absolute atomic E-state index is 0.138. The summed E-state index contributed by atoms with van der Waals surface area (Å²) in [6, 6.07) is 0. The Morgan fingerprint density at radius 1 is 1.25 bits per heavy atom. The highest BCUT2D eigenvalue weighted by atomic mass is 16.6. The van der Waals surface area contributed by atoms with Crippen molar-refractivity contribution >= 4 is 12.1 Å². The summed E-state index contributed by atoms with van der Waals surface area (Å²) in [5, 5.41) is 2.33. The molecule has 94 valence electrons. The van der Waals surface area contributed by atoms with E-state index in [2.05, 4.69) is 5.32 Å². The van der Waals surface area contributed by atoms with Gasteiger partial charge in [-0.25, -0.2) is 4.79 Å². The summed E-state index contributed by atoms with van der Waals surface area (Å²) in [6.07, 6.45) is 1.22. The van der Waals surface area contributed by atoms with Gasteiger partial charge in [-0.1, -0.05) is 27.2 Å². The van der Waals surface area contributed by atoms with Crippen LogP contribution < -0.4 is 5.32 Å². The first kappa shape index (κ1) is 14.7. The fourth-order valence-corrected chi connectivity index (χ4v) is 0.819. The summed E-state index contributed by atoms with van der Waals surface area (Å²) >= 11 is 0. The second kappa shape index (κ2) is 9.00. The summed E-state index contributed by atoms with van der Waals surface area (Å²) in [5.74, 6) is -0.155. The van der Waals surface area contributed by atoms with E-state index in [-0.39, 0.29) is 12.5 Å². The van der Waals surface area contributed by atoms with Crippen molar-refractivity contribution in [1.82, 2.24) is 5.32 Å². The lowest BCUT2D eigenvalue weighted by Crippen LogP contribution is -2.32. The van der Waals surface area contributed by atoms with Crippen LogP contribution in [0.1, 0.15) is 33.6 Å². The molecule has 1 amide bonds. The van der Waals surface area contributed by atoms with Gasteiger partial charge in [0.25, 0.3) is 0 Å². The molecule has 0 aliphatic heterocycles. The normalized spacial score (nSPS) is 10.0. The number of ether oxygens (including phenoxy) is 2. The molecule has 0 aliphatic rings. The molecule has 0 bridgehead atoms. The monoisotopic (exact) mass is 231 g/mol. The van der Waals surface area contributed by atoms with Gasteiger partial charge in [0.2, 0.25) is 0 Å². The predicted octanol–water partition coefficient (Wildman–Crippen LogP) is 1.71. The maximum absolute atomic E-state index is 11.1. The van der Waals surface area contributed by atoms with Crippen molar-refractivity contribution < 1.29 is 19.1 Å². The Kier molecular flexibility index (Phi) is 8.29. The quantitative estimate of drug-likeness (QED) is 0.535. The highest BCUT2D eigenvalue weighted by molar-refractivity contribution is 5.77. The highest BCUT2D eigenvalue weighted by Crippen LogP contribution is 1.92. The minimum atomic E-state index is -0.582. The molecule has 0 spiro atoms. The van der Waals surface area contributed by atoms with E-state index in [4.69, 9.17) is 9.47 Å². The molecule has 0 saturated heterocycles. The van der Waals surface area contributed by atoms with Gasteiger partial charge in [0.1, 0.15) is 6.54 Å². The number of nitrogens with one attached hydrogen (secondary N) is 1. The molecule has 5 heteroatoms. The lowest BCUT2D eigenvalue weighted by Gasteiger charge is -2.08. The molecule has 0 fully saturated rings. The lowest BCUT2D eigenvalue weighted by molar-refractivity contribution is -0.142. The summed E-state index contributed by atoms with van der Waals surface area (Å²) in [6.45, 7) is 6.49. The maximum atomic E-state index is 11.1. The van der Waals surface area contributed by atoms with Crippen LogP contribution in [0.3, 0.4) is 0 Å². The number of carbonyl (C=O) groups excluding carboxylic acids is 2. The second-order valence-electron chi connectivity index (χ2n) is 3.92. The van der Waals surface area contributed by atoms with Crippen molar-refractivity contribution in [2.45, 2.75) is 33.6 Å². The number of amides is 1. The van der Waals surface area contributed by atoms with E-state index in [1.807, 2.05) is 20.8 Å². The van der Waals surface area contributed by atoms with E-state index in [0.29, 0.717) is 13.2 Å². The Hall–Kier alpha value is -1.26. The van der Waals surface area contributed by atoms with Gasteiger partial charge >= 0.3 is 12.1 Å². The van der Waals surface area contributed by atoms with Gasteiger partial charge in [-0.2, -0.15) is 0 Å². The third kappa shape index (κ3) is 9.30. The second-order valence-corrected chi connectivity index (χ2v) is 3.92. The molecular weight excluding hydrogens is 210 g/mol. The Morgan fingerprint density at radius 2 is 1.94 bits per heavy atom. The molecule has 0 atom stereocenters. The third-order valence-corrected chi connectivity index (χ3v) is 1.69. The number of alkyl carbamates (subject to hydrolysis) is 1. The van der Waals surface area contributed by atoms with Gasteiger partial charge in [-0.05, 0) is 12.3 Å². The zero-order chi connectivity index (χ0) is 12.4. The predicted molar refractivity (Wildman–Crippen MR) is 60.1 cm³/mol. The van der Waals surface area contributed by atoms with E-state index in [1.54, 1.807) is 0 Å². The Balaban J connectivity index is 3.47. The van der Waals surface area contributed by atoms with Gasteiger partial charge < -0.3 is 14.8 Å². The van der Waals surface area contributed by atoms with Crippen molar-refractivity contribution in [1.29, 1.82) is 0 Å². The van der Waals surface area contributed by atoms with Gasteiger partial charge in [0.15, 0.2) is 0 Å². The van der Waals surface area contributed by atoms with E-state index in [9.17, 15) is 9.59 Å². The van der Waals surface area contributed by atoms with Crippen LogP contribution in [-0.2, 0) is 14.3 Å². The fraction of sp³-hybridized carbons (Fsp3) is 0.818. The van der Waals surface area contributed by atoms with E-state index >= 15 is 0 Å². The summed E-state index contributed by atoms with van der Waals surface area (Å²) in [4.78, 5) is 22.1. The van der Waals surface area contributed by atoms with E-state index < -0.39 is 12.1 Å². The van der Waals surface area contributed by atoms with E-state index in [0.717, 1.165) is 12.8 Å². The Labute approximate surface area is 96.5 Å². The molecule has 0 aromatic rings. The Bertz CT molecular complexity index is 216. The van der Waals surface area contributed by atoms with Crippen molar-refractivity contribution in [2.75, 3.05) is 19.8 Å². The van der Waals surface area contributed by atoms with Crippen molar-refractivity contribution in [3.63, 3.8) is 0 Å². The summed E-state index contributed by atoms with van der Waals surface area (Å²) in [7, 11) is 0. The molecule has 16 heavy (non-hydrogen) atoms. The number of carbonyl (C=O) groups is 2. The average molecular weight is 231 g/mol. The largest absolute Gasteiger partial charge is 0.464 e. The molecule has 0 unspecified atom stereocenters. The minimum Gasteiger partial charge on any atom is -0.464 e. The van der Waals surface area contributed by atoms with Crippen molar-refractivity contribution in [2.24, 2.45) is 5.92 Å². The van der Waals surface area contributed by atoms with Crippen LogP contribution in [0.15, 0.2) is 0 Å². The third-order valence-electron chi connectivity index (χ3n) is 1.69. The number of esters is 1. The van der Waals surface area contributed by atoms with Crippen LogP contribution in [0.2, 0.25) is 0 Å². The maximum Gasteiger partial charge on any atom is 0.407 e. The zero-order valence-electron chi connectivity index (χ0n) is 10.2. The first-order valence-corrected chi connectivity index (χ1v) is 5.62. The molecule has 0 saturated carbocycles. The number of unbranched alkanes of at least 4 members (excludes halogenated alkanes) is 1. The molecule has 0 radical (unpaired) electrons. The number of rotatable bonds is 7. The van der Waals surface area contributed by atoms with Crippen LogP contribution in [0, 0.1) is 5.92 Å². The molecule has 1 N–H and O–H groups in total. The van der Waals surface area contributed by atoms with Crippen molar-refractivity contribution in [3.8, 4) is 0 Å². The molecule has 0 heterocycles. The Morgan fingerprint density at radius 3 is 2.50 bits per heavy atom. The molecule has 0 aromatic heterocycles. The van der Waals surface area contributed by atoms with Gasteiger partial charge in [0, 0.05) is 0 Å². The van der Waals surface area contributed by atoms with Crippen LogP contribution in [-0.4, -0.2) is 31.8 Å². The van der Waals surface area contributed by atoms with E-state index in [1.165, 1.54) is 0 Å². The van der Waals surface area contributed by atoms with Gasteiger partial charge in [-0.15, -0.1) is 0 Å². The molecule has 5 nitrogen and oxygen atoms in total. The standard InChI is InChI=1S/C11H21NO4/c1-4-5-6-15-10(13)7-12-11(14)16-8-9(2)3/h9H,4-8H2,1-3H3,(H,12,14). The first-order valence-electron chi connectivity index (χ1n) is 5.62. The van der Waals surface area contributed by atoms with Gasteiger partial charge in [0.05, 0.1) is 13.2 Å². The van der Waals surface area contributed by atoms with Gasteiger partial charge in [-0.3, -0.25) is 4.79 Å². The fourth-order valence-electron chi connectivity index (χ4n) is 0.819. The molecule has 0 aromatic carbocycles. The van der Waals surface area contributed by atoms with Crippen LogP contribution in [0.25, 0.3) is 0 Å². The molecular formula is C11H21NO4. The first-order chi connectivity index (χ1) is 7.56. The summed E-state index contributed by atoms with van der Waals surface area (Å²) in [5.41, 5.74) is 0.